The van der Waals surface area contributed by atoms with Crippen molar-refractivity contribution in [3.05, 3.63) is 41.1 Å². The van der Waals surface area contributed by atoms with Gasteiger partial charge in [-0.15, -0.1) is 0 Å². The summed E-state index contributed by atoms with van der Waals surface area (Å²) in [5.41, 5.74) is 0.783. The standard InChI is InChI=1S/C21H24ClFN4O2.2CH4/c1-3-27-17-10-24-19(25-21(17)26(2)11-20(27)28)8-13-6-14(7-13)12-29-18-5-4-15(23)9-16(18)22;;/h4-5,9-10,13-14H,3,6-8,11-12H2,1-2H3;2*1H4. The highest BCUT2D eigenvalue weighted by Gasteiger charge is 2.32. The monoisotopic (exact) mass is 450 g/mol. The molecule has 2 aliphatic rings. The summed E-state index contributed by atoms with van der Waals surface area (Å²) in [4.78, 5) is 25.0. The van der Waals surface area contributed by atoms with Crippen LogP contribution >= 0.6 is 11.6 Å². The maximum absolute atomic E-state index is 13.1. The number of halogens is 2. The van der Waals surface area contributed by atoms with Gasteiger partial charge in [0.25, 0.3) is 0 Å². The molecule has 1 aromatic carbocycles. The van der Waals surface area contributed by atoms with Gasteiger partial charge in [0, 0.05) is 20.0 Å². The molecule has 8 heteroatoms. The molecule has 4 rings (SSSR count). The highest BCUT2D eigenvalue weighted by molar-refractivity contribution is 6.32. The summed E-state index contributed by atoms with van der Waals surface area (Å²) in [5.74, 6) is 2.83. The summed E-state index contributed by atoms with van der Waals surface area (Å²) < 4.78 is 18.8. The van der Waals surface area contributed by atoms with Gasteiger partial charge in [-0.2, -0.15) is 0 Å². The van der Waals surface area contributed by atoms with Crippen LogP contribution < -0.4 is 14.5 Å². The molecular formula is C23H32ClFN4O2. The van der Waals surface area contributed by atoms with Gasteiger partial charge in [-0.3, -0.25) is 4.79 Å². The van der Waals surface area contributed by atoms with Crippen LogP contribution in [-0.4, -0.2) is 42.6 Å². The highest BCUT2D eigenvalue weighted by atomic mass is 35.5. The number of ether oxygens (including phenoxy) is 1. The first-order valence-corrected chi connectivity index (χ1v) is 10.3. The minimum atomic E-state index is -0.367. The van der Waals surface area contributed by atoms with Gasteiger partial charge in [-0.25, -0.2) is 14.4 Å². The van der Waals surface area contributed by atoms with E-state index >= 15 is 0 Å². The van der Waals surface area contributed by atoms with Crippen molar-refractivity contribution in [2.45, 2.75) is 41.0 Å². The number of anilines is 2. The molecule has 0 saturated heterocycles. The molecule has 6 nitrogen and oxygen atoms in total. The van der Waals surface area contributed by atoms with Crippen LogP contribution in [0.3, 0.4) is 0 Å². The van der Waals surface area contributed by atoms with E-state index in [1.807, 2.05) is 18.9 Å². The molecule has 1 fully saturated rings. The smallest absolute Gasteiger partial charge is 0.246 e. The zero-order valence-electron chi connectivity index (χ0n) is 16.6. The Balaban J connectivity index is 0.00000171. The number of hydrogen-bond acceptors (Lipinski definition) is 5. The summed E-state index contributed by atoms with van der Waals surface area (Å²) in [6.45, 7) is 3.48. The zero-order chi connectivity index (χ0) is 20.5. The van der Waals surface area contributed by atoms with Crippen molar-refractivity contribution in [1.29, 1.82) is 0 Å². The molecule has 1 aromatic heterocycles. The van der Waals surface area contributed by atoms with E-state index in [9.17, 15) is 9.18 Å². The fraction of sp³-hybridized carbons (Fsp3) is 0.522. The average molecular weight is 451 g/mol. The van der Waals surface area contributed by atoms with Gasteiger partial charge in [0.1, 0.15) is 23.1 Å². The van der Waals surface area contributed by atoms with Gasteiger partial charge in [-0.1, -0.05) is 26.5 Å². The molecule has 0 bridgehead atoms. The van der Waals surface area contributed by atoms with E-state index < -0.39 is 0 Å². The molecule has 0 unspecified atom stereocenters. The molecule has 1 saturated carbocycles. The van der Waals surface area contributed by atoms with Crippen LogP contribution in [-0.2, 0) is 11.2 Å². The molecule has 0 N–H and O–H groups in total. The first kappa shape index (κ1) is 24.9. The van der Waals surface area contributed by atoms with Crippen LogP contribution in [0.15, 0.2) is 24.4 Å². The third-order valence-corrected chi connectivity index (χ3v) is 5.91. The van der Waals surface area contributed by atoms with Gasteiger partial charge in [0.15, 0.2) is 5.82 Å². The van der Waals surface area contributed by atoms with Crippen molar-refractivity contribution in [2.24, 2.45) is 11.8 Å². The summed E-state index contributed by atoms with van der Waals surface area (Å²) >= 11 is 6.00. The van der Waals surface area contributed by atoms with Crippen molar-refractivity contribution >= 4 is 29.0 Å². The average Bonchev–Trinajstić information content (AvgIpc) is 2.65. The first-order valence-electron chi connectivity index (χ1n) is 9.89. The molecule has 0 atom stereocenters. The minimum absolute atomic E-state index is 0. The zero-order valence-corrected chi connectivity index (χ0v) is 17.3. The SMILES string of the molecule is C.C.CCN1C(=O)CN(C)c2nc(CC3CC(COc4ccc(F)cc4Cl)C3)ncc21. The lowest BCUT2D eigenvalue weighted by Crippen LogP contribution is -2.45. The number of carbonyl (C=O) groups excluding carboxylic acids is 1. The number of fused-ring (bicyclic) bond motifs is 1. The highest BCUT2D eigenvalue weighted by Crippen LogP contribution is 2.38. The molecular weight excluding hydrogens is 419 g/mol. The molecule has 0 spiro atoms. The predicted molar refractivity (Wildman–Crippen MR) is 124 cm³/mol. The van der Waals surface area contributed by atoms with Crippen molar-refractivity contribution < 1.29 is 13.9 Å². The molecule has 31 heavy (non-hydrogen) atoms. The van der Waals surface area contributed by atoms with Crippen LogP contribution in [0.5, 0.6) is 5.75 Å². The van der Waals surface area contributed by atoms with Crippen molar-refractivity contribution in [2.75, 3.05) is 36.5 Å². The minimum Gasteiger partial charge on any atom is -0.492 e. The quantitative estimate of drug-likeness (QED) is 0.620. The van der Waals surface area contributed by atoms with Gasteiger partial charge in [-0.05, 0) is 49.8 Å². The maximum Gasteiger partial charge on any atom is 0.246 e. The van der Waals surface area contributed by atoms with Crippen LogP contribution in [0.2, 0.25) is 5.02 Å². The Kier molecular flexibility index (Phi) is 8.23. The summed E-state index contributed by atoms with van der Waals surface area (Å²) in [6, 6.07) is 4.18. The lowest BCUT2D eigenvalue weighted by Gasteiger charge is -2.36. The first-order chi connectivity index (χ1) is 13.9. The lowest BCUT2D eigenvalue weighted by molar-refractivity contribution is -0.117. The summed E-state index contributed by atoms with van der Waals surface area (Å²) in [7, 11) is 1.89. The number of aromatic nitrogens is 2. The van der Waals surface area contributed by atoms with Gasteiger partial charge in [0.05, 0.1) is 24.4 Å². The number of carbonyl (C=O) groups is 1. The molecule has 2 heterocycles. The molecule has 1 aliphatic carbocycles. The van der Waals surface area contributed by atoms with E-state index in [4.69, 9.17) is 21.3 Å². The van der Waals surface area contributed by atoms with E-state index in [1.165, 1.54) is 12.1 Å². The number of rotatable bonds is 6. The van der Waals surface area contributed by atoms with E-state index in [-0.39, 0.29) is 26.6 Å². The van der Waals surface area contributed by atoms with Crippen LogP contribution in [0, 0.1) is 17.7 Å². The Hall–Kier alpha value is -2.41. The molecule has 170 valence electrons. The summed E-state index contributed by atoms with van der Waals surface area (Å²) in [5, 5.41) is 0.298. The number of amides is 1. The number of nitrogens with zero attached hydrogens (tertiary/aromatic N) is 4. The fourth-order valence-electron chi connectivity index (χ4n) is 4.05. The van der Waals surface area contributed by atoms with Gasteiger partial charge < -0.3 is 14.5 Å². The second-order valence-electron chi connectivity index (χ2n) is 7.78. The van der Waals surface area contributed by atoms with Crippen LogP contribution in [0.25, 0.3) is 0 Å². The van der Waals surface area contributed by atoms with E-state index in [0.29, 0.717) is 42.3 Å². The van der Waals surface area contributed by atoms with Gasteiger partial charge in [0.2, 0.25) is 5.91 Å². The Labute approximate surface area is 189 Å². The third-order valence-electron chi connectivity index (χ3n) is 5.62. The number of likely N-dealkylation sites (N-methyl/N-ethyl adjacent to an activating group) is 2. The Morgan fingerprint density at radius 1 is 1.26 bits per heavy atom. The predicted octanol–water partition coefficient (Wildman–Crippen LogP) is 4.99. The van der Waals surface area contributed by atoms with E-state index in [1.54, 1.807) is 17.2 Å². The molecule has 2 aromatic rings. The van der Waals surface area contributed by atoms with E-state index in [0.717, 1.165) is 36.6 Å². The Bertz CT molecular complexity index is 920. The topological polar surface area (TPSA) is 58.6 Å². The second kappa shape index (κ2) is 10.3. The molecule has 1 aliphatic heterocycles. The fourth-order valence-corrected chi connectivity index (χ4v) is 4.27. The Morgan fingerprint density at radius 2 is 2.00 bits per heavy atom. The van der Waals surface area contributed by atoms with Crippen LogP contribution in [0.4, 0.5) is 15.9 Å². The number of benzene rings is 1. The van der Waals surface area contributed by atoms with Crippen molar-refractivity contribution in [1.82, 2.24) is 9.97 Å². The maximum atomic E-state index is 13.1. The molecule has 1 amide bonds. The third kappa shape index (κ3) is 5.26. The Morgan fingerprint density at radius 3 is 2.68 bits per heavy atom. The van der Waals surface area contributed by atoms with Crippen molar-refractivity contribution in [3.8, 4) is 5.75 Å². The van der Waals surface area contributed by atoms with Crippen molar-refractivity contribution in [3.63, 3.8) is 0 Å². The second-order valence-corrected chi connectivity index (χ2v) is 8.19. The van der Waals surface area contributed by atoms with E-state index in [2.05, 4.69) is 4.98 Å². The molecule has 0 radical (unpaired) electrons. The summed E-state index contributed by atoms with van der Waals surface area (Å²) in [6.07, 6.45) is 4.66. The van der Waals surface area contributed by atoms with Crippen LogP contribution in [0.1, 0.15) is 40.4 Å². The number of hydrogen-bond donors (Lipinski definition) is 0. The largest absolute Gasteiger partial charge is 0.492 e. The van der Waals surface area contributed by atoms with Gasteiger partial charge >= 0.3 is 0 Å². The normalized spacial score (nSPS) is 19.7. The lowest BCUT2D eigenvalue weighted by atomic mass is 9.73.